The van der Waals surface area contributed by atoms with Gasteiger partial charge in [-0.15, -0.1) is 0 Å². The van der Waals surface area contributed by atoms with Gasteiger partial charge in [-0.3, -0.25) is 0 Å². The average Bonchev–Trinajstić information content (AvgIpc) is 2.39. The van der Waals surface area contributed by atoms with E-state index in [2.05, 4.69) is 12.1 Å². The molecule has 0 aliphatic heterocycles. The van der Waals surface area contributed by atoms with Crippen LogP contribution >= 0.6 is 0 Å². The third kappa shape index (κ3) is 3.29. The molecular formula is C14H13LiO2. The van der Waals surface area contributed by atoms with Gasteiger partial charge >= 0.3 is 111 Å². The Morgan fingerprint density at radius 1 is 1.06 bits per heavy atom. The third-order valence-electron chi connectivity index (χ3n) is 2.63. The molecule has 0 amide bonds. The fraction of sp³-hybridized carbons (Fsp3) is 0.143. The zero-order valence-electron chi connectivity index (χ0n) is 10.1. The van der Waals surface area contributed by atoms with Crippen molar-refractivity contribution >= 4 is 22.0 Å². The molecule has 0 bridgehead atoms. The fourth-order valence-electron chi connectivity index (χ4n) is 1.60. The second-order valence-corrected chi connectivity index (χ2v) is 3.91. The molecule has 0 atom stereocenters. The molecule has 3 heteroatoms. The molecule has 2 aromatic carbocycles. The van der Waals surface area contributed by atoms with Gasteiger partial charge in [0.15, 0.2) is 0 Å². The van der Waals surface area contributed by atoms with Crippen molar-refractivity contribution in [1.29, 1.82) is 0 Å². The molecule has 0 fully saturated rings. The second-order valence-electron chi connectivity index (χ2n) is 3.91. The Hall–Kier alpha value is -1.36. The molecule has 2 nitrogen and oxygen atoms in total. The molecule has 0 aliphatic rings. The number of ether oxygens (including phenoxy) is 2. The van der Waals surface area contributed by atoms with Crippen molar-refractivity contribution in [2.45, 2.75) is 6.61 Å². The van der Waals surface area contributed by atoms with Crippen LogP contribution in [-0.4, -0.2) is 24.8 Å². The summed E-state index contributed by atoms with van der Waals surface area (Å²) in [6, 6.07) is 16.0. The molecule has 0 aromatic heterocycles. The van der Waals surface area contributed by atoms with Crippen molar-refractivity contribution in [1.82, 2.24) is 0 Å². The first-order valence-corrected chi connectivity index (χ1v) is 5.61. The molecule has 2 aromatic rings. The molecule has 17 heavy (non-hydrogen) atoms. The van der Waals surface area contributed by atoms with Gasteiger partial charge in [-0.1, -0.05) is 0 Å². The number of rotatable bonds is 4. The van der Waals surface area contributed by atoms with E-state index < -0.39 is 0 Å². The minimum absolute atomic E-state index is 0.578. The van der Waals surface area contributed by atoms with Crippen molar-refractivity contribution in [3.05, 3.63) is 54.1 Å². The number of benzene rings is 2. The van der Waals surface area contributed by atoms with Crippen LogP contribution in [0, 0.1) is 0 Å². The van der Waals surface area contributed by atoms with Gasteiger partial charge in [-0.25, -0.2) is 0 Å². The van der Waals surface area contributed by atoms with E-state index in [0.717, 1.165) is 21.3 Å². The molecule has 0 N–H and O–H groups in total. The van der Waals surface area contributed by atoms with E-state index in [1.54, 1.807) is 7.11 Å². The zero-order valence-corrected chi connectivity index (χ0v) is 10.1. The summed E-state index contributed by atoms with van der Waals surface area (Å²) in [5, 5.41) is 0. The van der Waals surface area contributed by atoms with E-state index in [9.17, 15) is 0 Å². The van der Waals surface area contributed by atoms with Crippen LogP contribution in [0.5, 0.6) is 11.5 Å². The first-order chi connectivity index (χ1) is 8.29. The van der Waals surface area contributed by atoms with Crippen LogP contribution < -0.4 is 13.7 Å². The van der Waals surface area contributed by atoms with Crippen molar-refractivity contribution in [3.63, 3.8) is 0 Å². The Bertz CT molecular complexity index is 483. The molecule has 0 spiro atoms. The molecule has 2 rings (SSSR count). The summed E-state index contributed by atoms with van der Waals surface area (Å²) in [4.78, 5) is 0. The standard InChI is InChI=1S/C14H13O2.Li/c1-15-13-8-5-9-14(10-13)16-11-12-6-3-2-4-7-12;/h2-8,10H,11H2,1H3;. The van der Waals surface area contributed by atoms with E-state index in [0.29, 0.717) is 6.61 Å². The Morgan fingerprint density at radius 2 is 1.82 bits per heavy atom. The zero-order chi connectivity index (χ0) is 12.1. The van der Waals surface area contributed by atoms with Crippen molar-refractivity contribution in [3.8, 4) is 11.5 Å². The summed E-state index contributed by atoms with van der Waals surface area (Å²) in [7, 11) is 1.66. The van der Waals surface area contributed by atoms with Gasteiger partial charge in [0.1, 0.15) is 0 Å². The van der Waals surface area contributed by atoms with E-state index in [1.165, 1.54) is 0 Å². The predicted octanol–water partition coefficient (Wildman–Crippen LogP) is 2.07. The van der Waals surface area contributed by atoms with Crippen molar-refractivity contribution < 1.29 is 9.47 Å². The topological polar surface area (TPSA) is 18.5 Å². The molecule has 0 saturated heterocycles. The van der Waals surface area contributed by atoms with Crippen LogP contribution in [0.25, 0.3) is 0 Å². The minimum atomic E-state index is 0.578. The monoisotopic (exact) mass is 220 g/mol. The van der Waals surface area contributed by atoms with Crippen LogP contribution in [0.2, 0.25) is 0 Å². The normalized spacial score (nSPS) is 10.1. The van der Waals surface area contributed by atoms with Gasteiger partial charge in [0.2, 0.25) is 0 Å². The predicted molar refractivity (Wildman–Crippen MR) is 69.2 cm³/mol. The molecule has 0 saturated carbocycles. The van der Waals surface area contributed by atoms with Gasteiger partial charge in [-0.05, 0) is 0 Å². The quantitative estimate of drug-likeness (QED) is 0.734. The van der Waals surface area contributed by atoms with Gasteiger partial charge < -0.3 is 0 Å². The Balaban J connectivity index is 2.08. The number of methoxy groups -OCH3 is 1. The number of hydrogen-bond acceptors (Lipinski definition) is 2. The Kier molecular flexibility index (Phi) is 4.14. The average molecular weight is 220 g/mol. The SMILES string of the molecule is [Li][c]1ccc(OC)cc1OCc1ccccc1. The molecule has 82 valence electrons. The van der Waals surface area contributed by atoms with Gasteiger partial charge in [0.05, 0.1) is 0 Å². The van der Waals surface area contributed by atoms with Gasteiger partial charge in [0.25, 0.3) is 0 Å². The molecule has 0 unspecified atom stereocenters. The summed E-state index contributed by atoms with van der Waals surface area (Å²) in [6.45, 7) is 0.578. The summed E-state index contributed by atoms with van der Waals surface area (Å²) in [6.07, 6.45) is 0. The summed E-state index contributed by atoms with van der Waals surface area (Å²) in [5.41, 5.74) is 1.16. The summed E-state index contributed by atoms with van der Waals surface area (Å²) >= 11 is 2.03. The van der Waals surface area contributed by atoms with Crippen LogP contribution in [0.15, 0.2) is 48.5 Å². The van der Waals surface area contributed by atoms with Crippen LogP contribution in [0.3, 0.4) is 0 Å². The van der Waals surface area contributed by atoms with E-state index in [4.69, 9.17) is 9.47 Å². The van der Waals surface area contributed by atoms with Crippen LogP contribution in [0.4, 0.5) is 0 Å². The van der Waals surface area contributed by atoms with E-state index >= 15 is 0 Å². The van der Waals surface area contributed by atoms with Crippen molar-refractivity contribution in [2.75, 3.05) is 7.11 Å². The van der Waals surface area contributed by atoms with Crippen LogP contribution in [-0.2, 0) is 6.61 Å². The summed E-state index contributed by atoms with van der Waals surface area (Å²) in [5.74, 6) is 1.69. The number of hydrogen-bond donors (Lipinski definition) is 0. The van der Waals surface area contributed by atoms with Gasteiger partial charge in [-0.2, -0.15) is 0 Å². The summed E-state index contributed by atoms with van der Waals surface area (Å²) < 4.78 is 12.1. The molecule has 0 heterocycles. The van der Waals surface area contributed by atoms with Gasteiger partial charge in [0, 0.05) is 0 Å². The van der Waals surface area contributed by atoms with Crippen LogP contribution in [0.1, 0.15) is 5.56 Å². The Morgan fingerprint density at radius 3 is 2.53 bits per heavy atom. The van der Waals surface area contributed by atoms with E-state index in [-0.39, 0.29) is 0 Å². The molecule has 0 aliphatic carbocycles. The first-order valence-electron chi connectivity index (χ1n) is 5.61. The molecule has 0 radical (unpaired) electrons. The Labute approximate surface area is 111 Å². The van der Waals surface area contributed by atoms with Crippen molar-refractivity contribution in [2.24, 2.45) is 0 Å². The van der Waals surface area contributed by atoms with E-state index in [1.807, 2.05) is 54.1 Å². The fourth-order valence-corrected chi connectivity index (χ4v) is 1.60. The third-order valence-corrected chi connectivity index (χ3v) is 2.63. The first kappa shape index (κ1) is 12.1. The maximum atomic E-state index is 5.79. The second kappa shape index (κ2) is 5.81. The molecular weight excluding hydrogens is 207 g/mol. The maximum absolute atomic E-state index is 5.79.